The van der Waals surface area contributed by atoms with E-state index in [1.54, 1.807) is 6.92 Å². The van der Waals surface area contributed by atoms with Gasteiger partial charge in [-0.1, -0.05) is 11.8 Å². The van der Waals surface area contributed by atoms with Crippen LogP contribution in [0.5, 0.6) is 0 Å². The minimum atomic E-state index is -4.69. The molecule has 0 aliphatic carbocycles. The predicted molar refractivity (Wildman–Crippen MR) is 75.5 cm³/mol. The van der Waals surface area contributed by atoms with E-state index in [4.69, 9.17) is 4.42 Å². The Hall–Kier alpha value is -2.36. The number of oxazole rings is 1. The van der Waals surface area contributed by atoms with Crippen molar-refractivity contribution in [1.29, 1.82) is 0 Å². The molecule has 0 saturated heterocycles. The molecule has 1 unspecified atom stereocenters. The molecule has 5 nitrogen and oxygen atoms in total. The predicted octanol–water partition coefficient (Wildman–Crippen LogP) is 4.74. The summed E-state index contributed by atoms with van der Waals surface area (Å²) in [6, 6.07) is 5.62. The van der Waals surface area contributed by atoms with Gasteiger partial charge in [-0.05, 0) is 31.2 Å². The van der Waals surface area contributed by atoms with Crippen LogP contribution in [0.1, 0.15) is 24.0 Å². The first-order chi connectivity index (χ1) is 11.3. The van der Waals surface area contributed by atoms with Gasteiger partial charge in [0.25, 0.3) is 5.22 Å². The Bertz CT molecular complexity index is 829. The summed E-state index contributed by atoms with van der Waals surface area (Å²) in [5.41, 5.74) is 0.626. The summed E-state index contributed by atoms with van der Waals surface area (Å²) >= 11 is 1.02. The standard InChI is InChI=1S/C14H9F4N3O2S/c1-7(11-20-21-12(23-11)14(16,17)18)24-13-19-6-10(22-13)8-2-4-9(15)5-3-8/h2-7H,1H3. The lowest BCUT2D eigenvalue weighted by molar-refractivity contribution is -0.157. The molecule has 3 aromatic rings. The maximum Gasteiger partial charge on any atom is 0.470 e. The van der Waals surface area contributed by atoms with Crippen molar-refractivity contribution in [1.82, 2.24) is 15.2 Å². The van der Waals surface area contributed by atoms with Crippen molar-refractivity contribution in [2.45, 2.75) is 23.6 Å². The molecule has 1 atom stereocenters. The normalized spacial score (nSPS) is 13.2. The van der Waals surface area contributed by atoms with Crippen molar-refractivity contribution in [2.24, 2.45) is 0 Å². The van der Waals surface area contributed by atoms with E-state index in [0.29, 0.717) is 11.3 Å². The van der Waals surface area contributed by atoms with Crippen LogP contribution in [-0.2, 0) is 6.18 Å². The Morgan fingerprint density at radius 3 is 2.42 bits per heavy atom. The minimum absolute atomic E-state index is 0.186. The van der Waals surface area contributed by atoms with Gasteiger partial charge in [0.05, 0.1) is 11.4 Å². The van der Waals surface area contributed by atoms with Gasteiger partial charge in [0.15, 0.2) is 5.76 Å². The number of aromatic nitrogens is 3. The molecule has 1 aromatic carbocycles. The second kappa shape index (κ2) is 6.27. The molecule has 0 aliphatic rings. The Kier molecular flexibility index (Phi) is 4.31. The summed E-state index contributed by atoms with van der Waals surface area (Å²) in [5, 5.41) is 5.98. The van der Waals surface area contributed by atoms with Gasteiger partial charge in [-0.3, -0.25) is 0 Å². The highest BCUT2D eigenvalue weighted by molar-refractivity contribution is 7.99. The number of hydrogen-bond donors (Lipinski definition) is 0. The molecule has 0 saturated carbocycles. The number of benzene rings is 1. The largest absolute Gasteiger partial charge is 0.470 e. The molecule has 0 radical (unpaired) electrons. The van der Waals surface area contributed by atoms with Crippen molar-refractivity contribution >= 4 is 11.8 Å². The number of alkyl halides is 3. The van der Waals surface area contributed by atoms with Gasteiger partial charge in [0.2, 0.25) is 5.89 Å². The zero-order valence-electron chi connectivity index (χ0n) is 12.0. The fourth-order valence-corrected chi connectivity index (χ4v) is 2.53. The molecule has 0 spiro atoms. The summed E-state index contributed by atoms with van der Waals surface area (Å²) in [4.78, 5) is 4.03. The minimum Gasteiger partial charge on any atom is -0.431 e. The van der Waals surface area contributed by atoms with E-state index >= 15 is 0 Å². The van der Waals surface area contributed by atoms with Gasteiger partial charge in [-0.2, -0.15) is 13.2 Å². The molecule has 2 aromatic heterocycles. The van der Waals surface area contributed by atoms with Gasteiger partial charge < -0.3 is 8.83 Å². The lowest BCUT2D eigenvalue weighted by atomic mass is 10.2. The molecule has 0 N–H and O–H groups in total. The Balaban J connectivity index is 1.72. The molecule has 0 amide bonds. The Morgan fingerprint density at radius 2 is 1.79 bits per heavy atom. The maximum absolute atomic E-state index is 12.9. The molecule has 24 heavy (non-hydrogen) atoms. The van der Waals surface area contributed by atoms with Crippen molar-refractivity contribution in [2.75, 3.05) is 0 Å². The van der Waals surface area contributed by atoms with Crippen LogP contribution in [0.3, 0.4) is 0 Å². The number of nitrogens with zero attached hydrogens (tertiary/aromatic N) is 3. The van der Waals surface area contributed by atoms with Gasteiger partial charge in [0, 0.05) is 5.56 Å². The first kappa shape index (κ1) is 16.5. The van der Waals surface area contributed by atoms with E-state index in [1.807, 2.05) is 0 Å². The first-order valence-electron chi connectivity index (χ1n) is 6.62. The van der Waals surface area contributed by atoms with Gasteiger partial charge >= 0.3 is 12.1 Å². The van der Waals surface area contributed by atoms with Crippen LogP contribution in [0.15, 0.2) is 44.5 Å². The SMILES string of the molecule is CC(Sc1ncc(-c2ccc(F)cc2)o1)c1nnc(C(F)(F)F)o1. The lowest BCUT2D eigenvalue weighted by Crippen LogP contribution is -2.04. The zero-order chi connectivity index (χ0) is 17.3. The summed E-state index contributed by atoms with van der Waals surface area (Å²) in [7, 11) is 0. The third kappa shape index (κ3) is 3.58. The maximum atomic E-state index is 12.9. The van der Waals surface area contributed by atoms with E-state index < -0.39 is 17.3 Å². The average molecular weight is 359 g/mol. The fourth-order valence-electron chi connectivity index (χ4n) is 1.78. The molecule has 3 rings (SSSR count). The molecule has 0 bridgehead atoms. The molecule has 2 heterocycles. The first-order valence-corrected chi connectivity index (χ1v) is 7.50. The number of rotatable bonds is 4. The molecule has 0 fully saturated rings. The topological polar surface area (TPSA) is 65.0 Å². The molecule has 10 heteroatoms. The molecule has 126 valence electrons. The van der Waals surface area contributed by atoms with Crippen molar-refractivity contribution < 1.29 is 26.4 Å². The second-order valence-corrected chi connectivity index (χ2v) is 5.99. The Morgan fingerprint density at radius 1 is 1.08 bits per heavy atom. The smallest absolute Gasteiger partial charge is 0.431 e. The van der Waals surface area contributed by atoms with E-state index in [-0.39, 0.29) is 16.9 Å². The number of hydrogen-bond acceptors (Lipinski definition) is 6. The highest BCUT2D eigenvalue weighted by atomic mass is 32.2. The van der Waals surface area contributed by atoms with E-state index in [1.165, 1.54) is 30.5 Å². The fraction of sp³-hybridized carbons (Fsp3) is 0.214. The van der Waals surface area contributed by atoms with Gasteiger partial charge in [0.1, 0.15) is 5.82 Å². The highest BCUT2D eigenvalue weighted by Gasteiger charge is 2.38. The van der Waals surface area contributed by atoms with Crippen LogP contribution in [0.2, 0.25) is 0 Å². The molecular formula is C14H9F4N3O2S. The molecule has 0 aliphatic heterocycles. The zero-order valence-corrected chi connectivity index (χ0v) is 12.9. The monoisotopic (exact) mass is 359 g/mol. The summed E-state index contributed by atoms with van der Waals surface area (Å²) < 4.78 is 60.4. The van der Waals surface area contributed by atoms with Crippen LogP contribution < -0.4 is 0 Å². The van der Waals surface area contributed by atoms with Crippen LogP contribution in [0, 0.1) is 5.82 Å². The van der Waals surface area contributed by atoms with E-state index in [0.717, 1.165) is 11.8 Å². The van der Waals surface area contributed by atoms with Crippen LogP contribution in [0.25, 0.3) is 11.3 Å². The van der Waals surface area contributed by atoms with Crippen molar-refractivity contribution in [3.05, 3.63) is 48.1 Å². The average Bonchev–Trinajstić information content (AvgIpc) is 3.16. The van der Waals surface area contributed by atoms with Crippen molar-refractivity contribution in [3.63, 3.8) is 0 Å². The van der Waals surface area contributed by atoms with Crippen LogP contribution in [0.4, 0.5) is 17.6 Å². The summed E-state index contributed by atoms with van der Waals surface area (Å²) in [5.74, 6) is -1.55. The summed E-state index contributed by atoms with van der Waals surface area (Å²) in [6.07, 6.45) is -3.24. The lowest BCUT2D eigenvalue weighted by Gasteiger charge is -2.03. The van der Waals surface area contributed by atoms with Gasteiger partial charge in [-0.25, -0.2) is 9.37 Å². The molecular weight excluding hydrogens is 350 g/mol. The Labute approximate surface area is 137 Å². The highest BCUT2D eigenvalue weighted by Crippen LogP contribution is 2.37. The van der Waals surface area contributed by atoms with E-state index in [9.17, 15) is 17.6 Å². The van der Waals surface area contributed by atoms with Crippen LogP contribution >= 0.6 is 11.8 Å². The van der Waals surface area contributed by atoms with E-state index in [2.05, 4.69) is 19.6 Å². The number of thioether (sulfide) groups is 1. The third-order valence-electron chi connectivity index (χ3n) is 2.92. The summed E-state index contributed by atoms with van der Waals surface area (Å²) in [6.45, 7) is 1.58. The van der Waals surface area contributed by atoms with Crippen molar-refractivity contribution in [3.8, 4) is 11.3 Å². The van der Waals surface area contributed by atoms with Crippen LogP contribution in [-0.4, -0.2) is 15.2 Å². The van der Waals surface area contributed by atoms with Gasteiger partial charge in [-0.15, -0.1) is 10.2 Å². The number of halogens is 4. The third-order valence-corrected chi connectivity index (χ3v) is 3.87. The quantitative estimate of drug-likeness (QED) is 0.495. The second-order valence-electron chi connectivity index (χ2n) is 4.70.